The number of fused-ring (bicyclic) bond motifs is 1. The van der Waals surface area contributed by atoms with Crippen molar-refractivity contribution in [2.75, 3.05) is 13.2 Å². The van der Waals surface area contributed by atoms with E-state index in [1.165, 1.54) is 6.07 Å². The van der Waals surface area contributed by atoms with Crippen LogP contribution in [0.2, 0.25) is 0 Å². The number of aromatic hydroxyl groups is 1. The monoisotopic (exact) mass is 181 g/mol. The molecule has 0 unspecified atom stereocenters. The number of benzene rings is 1. The highest BCUT2D eigenvalue weighted by Crippen LogP contribution is 2.34. The Morgan fingerprint density at radius 2 is 2.31 bits per heavy atom. The molecule has 0 radical (unpaired) electrons. The van der Waals surface area contributed by atoms with E-state index in [0.29, 0.717) is 24.7 Å². The predicted molar refractivity (Wildman–Crippen MR) is 47.1 cm³/mol. The zero-order valence-corrected chi connectivity index (χ0v) is 7.06. The minimum Gasteiger partial charge on any atom is -0.508 e. The third kappa shape index (κ3) is 1.53. The Morgan fingerprint density at radius 3 is 3.08 bits per heavy atom. The van der Waals surface area contributed by atoms with Crippen molar-refractivity contribution in [3.8, 4) is 17.2 Å². The summed E-state index contributed by atoms with van der Waals surface area (Å²) in [5, 5.41) is 9.15. The Hall–Kier alpha value is -1.42. The molecule has 0 aliphatic carbocycles. The molecule has 1 aliphatic rings. The first-order chi connectivity index (χ1) is 6.29. The van der Waals surface area contributed by atoms with Gasteiger partial charge >= 0.3 is 0 Å². The molecule has 0 fully saturated rings. The molecule has 4 heteroatoms. The zero-order valence-electron chi connectivity index (χ0n) is 7.06. The van der Waals surface area contributed by atoms with Crippen LogP contribution in [0.1, 0.15) is 0 Å². The van der Waals surface area contributed by atoms with Crippen LogP contribution in [0, 0.1) is 0 Å². The van der Waals surface area contributed by atoms with Crippen LogP contribution in [0.15, 0.2) is 18.2 Å². The Kier molecular flexibility index (Phi) is 1.98. The van der Waals surface area contributed by atoms with E-state index in [9.17, 15) is 0 Å². The maximum absolute atomic E-state index is 9.15. The number of hydrogen-bond donors (Lipinski definition) is 2. The molecule has 1 atom stereocenters. The summed E-state index contributed by atoms with van der Waals surface area (Å²) in [5.74, 6) is 1.39. The summed E-state index contributed by atoms with van der Waals surface area (Å²) in [7, 11) is 0. The molecule has 2 rings (SSSR count). The lowest BCUT2D eigenvalue weighted by Crippen LogP contribution is -2.35. The highest BCUT2D eigenvalue weighted by atomic mass is 16.6. The van der Waals surface area contributed by atoms with Gasteiger partial charge in [0.1, 0.15) is 18.5 Å². The molecule has 1 aliphatic heterocycles. The van der Waals surface area contributed by atoms with E-state index in [4.69, 9.17) is 20.3 Å². The van der Waals surface area contributed by atoms with E-state index in [0.717, 1.165) is 0 Å². The van der Waals surface area contributed by atoms with Gasteiger partial charge in [-0.3, -0.25) is 0 Å². The molecule has 70 valence electrons. The molecule has 0 saturated heterocycles. The second kappa shape index (κ2) is 3.14. The van der Waals surface area contributed by atoms with Crippen molar-refractivity contribution in [1.29, 1.82) is 0 Å². The SMILES string of the molecule is NC[C@H]1COc2cc(O)ccc2O1. The summed E-state index contributed by atoms with van der Waals surface area (Å²) >= 11 is 0. The van der Waals surface area contributed by atoms with E-state index in [-0.39, 0.29) is 11.9 Å². The van der Waals surface area contributed by atoms with Crippen LogP contribution < -0.4 is 15.2 Å². The molecular weight excluding hydrogens is 170 g/mol. The topological polar surface area (TPSA) is 64.7 Å². The number of phenols is 1. The van der Waals surface area contributed by atoms with Crippen molar-refractivity contribution < 1.29 is 14.6 Å². The fourth-order valence-electron chi connectivity index (χ4n) is 1.22. The van der Waals surface area contributed by atoms with Crippen molar-refractivity contribution >= 4 is 0 Å². The summed E-state index contributed by atoms with van der Waals surface area (Å²) in [6.07, 6.45) is -0.0861. The van der Waals surface area contributed by atoms with Gasteiger partial charge in [-0.25, -0.2) is 0 Å². The lowest BCUT2D eigenvalue weighted by Gasteiger charge is -2.25. The van der Waals surface area contributed by atoms with Gasteiger partial charge in [0.2, 0.25) is 0 Å². The van der Waals surface area contributed by atoms with Crippen LogP contribution in [0.4, 0.5) is 0 Å². The summed E-state index contributed by atoms with van der Waals surface area (Å²) in [6, 6.07) is 4.76. The fourth-order valence-corrected chi connectivity index (χ4v) is 1.22. The molecule has 0 amide bonds. The van der Waals surface area contributed by atoms with Gasteiger partial charge in [-0.1, -0.05) is 0 Å². The van der Waals surface area contributed by atoms with Crippen LogP contribution in [0.25, 0.3) is 0 Å². The Labute approximate surface area is 75.9 Å². The van der Waals surface area contributed by atoms with E-state index in [1.54, 1.807) is 12.1 Å². The largest absolute Gasteiger partial charge is 0.508 e. The predicted octanol–water partition coefficient (Wildman–Crippen LogP) is 0.491. The average Bonchev–Trinajstić information content (AvgIpc) is 2.17. The molecule has 0 saturated carbocycles. The minimum absolute atomic E-state index is 0.0861. The fraction of sp³-hybridized carbons (Fsp3) is 0.333. The van der Waals surface area contributed by atoms with Crippen molar-refractivity contribution in [2.45, 2.75) is 6.10 Å². The lowest BCUT2D eigenvalue weighted by atomic mass is 10.2. The molecule has 0 bridgehead atoms. The average molecular weight is 181 g/mol. The minimum atomic E-state index is -0.0861. The molecule has 0 spiro atoms. The maximum atomic E-state index is 9.15. The van der Waals surface area contributed by atoms with Crippen LogP contribution in [-0.4, -0.2) is 24.4 Å². The summed E-state index contributed by atoms with van der Waals surface area (Å²) in [5.41, 5.74) is 5.44. The zero-order chi connectivity index (χ0) is 9.26. The second-order valence-corrected chi connectivity index (χ2v) is 2.92. The first-order valence-electron chi connectivity index (χ1n) is 4.12. The van der Waals surface area contributed by atoms with Crippen LogP contribution in [-0.2, 0) is 0 Å². The molecule has 1 aromatic carbocycles. The van der Waals surface area contributed by atoms with Gasteiger partial charge in [0.15, 0.2) is 11.5 Å². The summed E-state index contributed by atoms with van der Waals surface area (Å²) < 4.78 is 10.8. The van der Waals surface area contributed by atoms with Crippen molar-refractivity contribution in [2.24, 2.45) is 5.73 Å². The molecule has 1 heterocycles. The van der Waals surface area contributed by atoms with Gasteiger partial charge in [0.25, 0.3) is 0 Å². The third-order valence-corrected chi connectivity index (χ3v) is 1.91. The highest BCUT2D eigenvalue weighted by molar-refractivity contribution is 5.45. The smallest absolute Gasteiger partial charge is 0.165 e. The van der Waals surface area contributed by atoms with Crippen molar-refractivity contribution in [3.05, 3.63) is 18.2 Å². The van der Waals surface area contributed by atoms with Gasteiger partial charge in [-0.2, -0.15) is 0 Å². The quantitative estimate of drug-likeness (QED) is 0.661. The van der Waals surface area contributed by atoms with Gasteiger partial charge in [0, 0.05) is 12.6 Å². The van der Waals surface area contributed by atoms with Crippen LogP contribution >= 0.6 is 0 Å². The molecule has 3 N–H and O–H groups in total. The number of rotatable bonds is 1. The first-order valence-corrected chi connectivity index (χ1v) is 4.12. The summed E-state index contributed by atoms with van der Waals surface area (Å²) in [6.45, 7) is 0.868. The number of hydrogen-bond acceptors (Lipinski definition) is 4. The lowest BCUT2D eigenvalue weighted by molar-refractivity contribution is 0.0965. The van der Waals surface area contributed by atoms with E-state index in [2.05, 4.69) is 0 Å². The van der Waals surface area contributed by atoms with Gasteiger partial charge in [-0.15, -0.1) is 0 Å². The number of ether oxygens (including phenoxy) is 2. The Balaban J connectivity index is 2.26. The highest BCUT2D eigenvalue weighted by Gasteiger charge is 2.19. The van der Waals surface area contributed by atoms with E-state index >= 15 is 0 Å². The maximum Gasteiger partial charge on any atom is 0.165 e. The van der Waals surface area contributed by atoms with Crippen LogP contribution in [0.3, 0.4) is 0 Å². The van der Waals surface area contributed by atoms with Crippen LogP contribution in [0.5, 0.6) is 17.2 Å². The molecule has 13 heavy (non-hydrogen) atoms. The standard InChI is InChI=1S/C9H11NO3/c10-4-7-5-12-9-3-6(11)1-2-8(9)13-7/h1-3,7,11H,4-5,10H2/t7-/m0/s1. The molecule has 1 aromatic rings. The van der Waals surface area contributed by atoms with Gasteiger partial charge in [0.05, 0.1) is 0 Å². The van der Waals surface area contributed by atoms with E-state index in [1.807, 2.05) is 0 Å². The summed E-state index contributed by atoms with van der Waals surface area (Å²) in [4.78, 5) is 0. The first kappa shape index (κ1) is 8.19. The van der Waals surface area contributed by atoms with E-state index < -0.39 is 0 Å². The molecular formula is C9H11NO3. The van der Waals surface area contributed by atoms with Gasteiger partial charge < -0.3 is 20.3 Å². The molecule has 4 nitrogen and oxygen atoms in total. The number of phenolic OH excluding ortho intramolecular Hbond substituents is 1. The van der Waals surface area contributed by atoms with Gasteiger partial charge in [-0.05, 0) is 12.1 Å². The molecule has 0 aromatic heterocycles. The van der Waals surface area contributed by atoms with Crippen molar-refractivity contribution in [1.82, 2.24) is 0 Å². The second-order valence-electron chi connectivity index (χ2n) is 2.92. The Morgan fingerprint density at radius 1 is 1.46 bits per heavy atom. The third-order valence-electron chi connectivity index (χ3n) is 1.91. The number of nitrogens with two attached hydrogens (primary N) is 1. The van der Waals surface area contributed by atoms with Crippen molar-refractivity contribution in [3.63, 3.8) is 0 Å². The normalized spacial score (nSPS) is 19.9. The Bertz CT molecular complexity index is 314.